The molecule has 3 heteroatoms. The van der Waals surface area contributed by atoms with Crippen LogP contribution in [-0.2, 0) is 10.2 Å². The number of aliphatic hydroxyl groups excluding tert-OH is 1. The van der Waals surface area contributed by atoms with Crippen molar-refractivity contribution in [3.05, 3.63) is 107 Å². The number of carbonyl (C=O) groups is 1. The summed E-state index contributed by atoms with van der Waals surface area (Å²) < 4.78 is 5.46. The number of ether oxygens (including phenoxy) is 1. The summed E-state index contributed by atoms with van der Waals surface area (Å²) in [7, 11) is 0. The number of hydrogen-bond acceptors (Lipinski definition) is 3. The van der Waals surface area contributed by atoms with Crippen LogP contribution in [0.3, 0.4) is 0 Å². The first kappa shape index (κ1) is 23.7. The molecule has 1 radical (unpaired) electrons. The van der Waals surface area contributed by atoms with E-state index in [1.165, 1.54) is 24.0 Å². The number of esters is 1. The third-order valence-corrected chi connectivity index (χ3v) is 5.64. The van der Waals surface area contributed by atoms with Crippen LogP contribution >= 0.6 is 0 Å². The average Bonchev–Trinajstić information content (AvgIpc) is 2.76. The Hall–Kier alpha value is -2.91. The first-order valence-electron chi connectivity index (χ1n) is 11.2. The van der Waals surface area contributed by atoms with Crippen LogP contribution in [-0.4, -0.2) is 11.1 Å². The van der Waals surface area contributed by atoms with Gasteiger partial charge in [-0.15, -0.1) is 0 Å². The van der Waals surface area contributed by atoms with Crippen molar-refractivity contribution in [2.75, 3.05) is 0 Å². The van der Waals surface area contributed by atoms with E-state index in [2.05, 4.69) is 69.3 Å². The minimum Gasteiger partial charge on any atom is -0.426 e. The molecule has 0 saturated carbocycles. The molecule has 0 bridgehead atoms. The summed E-state index contributed by atoms with van der Waals surface area (Å²) in [6.07, 6.45) is 1.52. The smallest absolute Gasteiger partial charge is 0.308 e. The largest absolute Gasteiger partial charge is 0.426 e. The Morgan fingerprint density at radius 2 is 1.47 bits per heavy atom. The van der Waals surface area contributed by atoms with Crippen LogP contribution in [0.5, 0.6) is 5.75 Å². The zero-order valence-electron chi connectivity index (χ0n) is 19.5. The van der Waals surface area contributed by atoms with Crippen molar-refractivity contribution in [1.82, 2.24) is 0 Å². The second kappa shape index (κ2) is 10.6. The first-order chi connectivity index (χ1) is 15.3. The van der Waals surface area contributed by atoms with Crippen LogP contribution in [0.15, 0.2) is 78.9 Å². The lowest BCUT2D eigenvalue weighted by Crippen LogP contribution is -2.14. The molecule has 0 saturated heterocycles. The highest BCUT2D eigenvalue weighted by molar-refractivity contribution is 5.70. The van der Waals surface area contributed by atoms with Gasteiger partial charge in [0.2, 0.25) is 0 Å². The Morgan fingerprint density at radius 3 is 1.97 bits per heavy atom. The minimum atomic E-state index is -0.703. The number of benzene rings is 3. The van der Waals surface area contributed by atoms with E-state index in [0.29, 0.717) is 17.7 Å². The maximum atomic E-state index is 11.7. The van der Waals surface area contributed by atoms with Crippen LogP contribution in [0, 0.1) is 5.92 Å². The van der Waals surface area contributed by atoms with E-state index in [-0.39, 0.29) is 11.4 Å². The molecular weight excluding hydrogens is 396 g/mol. The van der Waals surface area contributed by atoms with Crippen molar-refractivity contribution in [2.45, 2.75) is 58.5 Å². The molecule has 0 fully saturated rings. The molecular formula is C29H33O3. The fraction of sp³-hybridized carbons (Fsp3) is 0.310. The second-order valence-corrected chi connectivity index (χ2v) is 9.21. The van der Waals surface area contributed by atoms with Crippen molar-refractivity contribution in [1.29, 1.82) is 0 Å². The second-order valence-electron chi connectivity index (χ2n) is 9.21. The van der Waals surface area contributed by atoms with Gasteiger partial charge < -0.3 is 9.84 Å². The van der Waals surface area contributed by atoms with E-state index < -0.39 is 6.10 Å². The van der Waals surface area contributed by atoms with Gasteiger partial charge in [0.1, 0.15) is 5.75 Å². The number of carbonyl (C=O) groups excluding carboxylic acids is 1. The molecule has 32 heavy (non-hydrogen) atoms. The lowest BCUT2D eigenvalue weighted by atomic mass is 9.85. The SMILES string of the molecule is CC(=O)Oc1cc(C(C)(C)C)ccc1C(O)CCC[C](c1ccccc1)c1ccccc1. The summed E-state index contributed by atoms with van der Waals surface area (Å²) in [6.45, 7) is 7.72. The summed E-state index contributed by atoms with van der Waals surface area (Å²) in [4.78, 5) is 11.7. The Balaban J connectivity index is 1.75. The lowest BCUT2D eigenvalue weighted by molar-refractivity contribution is -0.132. The van der Waals surface area contributed by atoms with E-state index in [4.69, 9.17) is 4.74 Å². The number of rotatable bonds is 8. The zero-order chi connectivity index (χ0) is 23.1. The highest BCUT2D eigenvalue weighted by Crippen LogP contribution is 2.35. The molecule has 1 N–H and O–H groups in total. The standard InChI is InChI=1S/C29H33O3/c1-21(30)32-28-20-24(29(2,3)4)18-19-26(28)27(31)17-11-16-25(22-12-7-5-8-13-22)23-14-9-6-10-15-23/h5-10,12-15,18-20,27,31H,11,16-17H2,1-4H3. The summed E-state index contributed by atoms with van der Waals surface area (Å²) in [5.41, 5.74) is 4.04. The molecule has 1 unspecified atom stereocenters. The quantitative estimate of drug-likeness (QED) is 0.317. The highest BCUT2D eigenvalue weighted by atomic mass is 16.5. The van der Waals surface area contributed by atoms with Crippen molar-refractivity contribution >= 4 is 5.97 Å². The fourth-order valence-electron chi connectivity index (χ4n) is 3.88. The summed E-state index contributed by atoms with van der Waals surface area (Å²) >= 11 is 0. The summed E-state index contributed by atoms with van der Waals surface area (Å²) in [5, 5.41) is 11.0. The predicted molar refractivity (Wildman–Crippen MR) is 130 cm³/mol. The molecule has 0 aliphatic heterocycles. The van der Waals surface area contributed by atoms with Gasteiger partial charge >= 0.3 is 5.97 Å². The van der Waals surface area contributed by atoms with E-state index in [0.717, 1.165) is 18.4 Å². The van der Waals surface area contributed by atoms with Crippen molar-refractivity contribution in [3.8, 4) is 5.75 Å². The fourth-order valence-corrected chi connectivity index (χ4v) is 3.88. The van der Waals surface area contributed by atoms with Gasteiger partial charge in [0.05, 0.1) is 6.10 Å². The monoisotopic (exact) mass is 429 g/mol. The van der Waals surface area contributed by atoms with Gasteiger partial charge in [-0.3, -0.25) is 4.79 Å². The molecule has 3 rings (SSSR count). The van der Waals surface area contributed by atoms with E-state index in [1.54, 1.807) is 0 Å². The van der Waals surface area contributed by atoms with Gasteiger partial charge in [-0.25, -0.2) is 0 Å². The zero-order valence-corrected chi connectivity index (χ0v) is 19.5. The van der Waals surface area contributed by atoms with Crippen LogP contribution in [0.2, 0.25) is 0 Å². The minimum absolute atomic E-state index is 0.0758. The maximum Gasteiger partial charge on any atom is 0.308 e. The molecule has 1 atom stereocenters. The van der Waals surface area contributed by atoms with Crippen LogP contribution in [0.4, 0.5) is 0 Å². The van der Waals surface area contributed by atoms with Gasteiger partial charge in [0.25, 0.3) is 0 Å². The van der Waals surface area contributed by atoms with E-state index >= 15 is 0 Å². The predicted octanol–water partition coefficient (Wildman–Crippen LogP) is 6.78. The van der Waals surface area contributed by atoms with Crippen LogP contribution in [0.25, 0.3) is 0 Å². The van der Waals surface area contributed by atoms with Gasteiger partial charge in [0, 0.05) is 18.4 Å². The van der Waals surface area contributed by atoms with Crippen LogP contribution < -0.4 is 4.74 Å². The molecule has 0 aliphatic rings. The normalized spacial score (nSPS) is 12.6. The maximum absolute atomic E-state index is 11.7. The third-order valence-electron chi connectivity index (χ3n) is 5.64. The van der Waals surface area contributed by atoms with E-state index in [9.17, 15) is 9.90 Å². The molecule has 0 amide bonds. The summed E-state index contributed by atoms with van der Waals surface area (Å²) in [6, 6.07) is 26.5. The Bertz CT molecular complexity index is 964. The number of aliphatic hydroxyl groups is 1. The first-order valence-corrected chi connectivity index (χ1v) is 11.2. The van der Waals surface area contributed by atoms with Crippen molar-refractivity contribution < 1.29 is 14.6 Å². The topological polar surface area (TPSA) is 46.5 Å². The molecule has 167 valence electrons. The van der Waals surface area contributed by atoms with E-state index in [1.807, 2.05) is 30.3 Å². The molecule has 0 heterocycles. The van der Waals surface area contributed by atoms with Crippen molar-refractivity contribution in [3.63, 3.8) is 0 Å². The molecule has 0 aromatic heterocycles. The Labute approximate surface area is 192 Å². The number of hydrogen-bond donors (Lipinski definition) is 1. The molecule has 0 spiro atoms. The van der Waals surface area contributed by atoms with Crippen LogP contribution in [0.1, 0.15) is 75.3 Å². The Morgan fingerprint density at radius 1 is 0.906 bits per heavy atom. The molecule has 0 aliphatic carbocycles. The Kier molecular flexibility index (Phi) is 7.87. The average molecular weight is 430 g/mol. The third kappa shape index (κ3) is 6.30. The van der Waals surface area contributed by atoms with Gasteiger partial charge in [0.15, 0.2) is 0 Å². The van der Waals surface area contributed by atoms with Gasteiger partial charge in [-0.1, -0.05) is 93.6 Å². The van der Waals surface area contributed by atoms with Gasteiger partial charge in [-0.05, 0) is 47.4 Å². The molecule has 3 aromatic rings. The molecule has 3 aromatic carbocycles. The highest BCUT2D eigenvalue weighted by Gasteiger charge is 2.21. The van der Waals surface area contributed by atoms with Crippen molar-refractivity contribution in [2.24, 2.45) is 0 Å². The summed E-state index contributed by atoms with van der Waals surface area (Å²) in [5.74, 6) is 1.34. The molecule has 3 nitrogen and oxygen atoms in total. The lowest BCUT2D eigenvalue weighted by Gasteiger charge is -2.23. The van der Waals surface area contributed by atoms with Gasteiger partial charge in [-0.2, -0.15) is 0 Å².